The molecule has 0 radical (unpaired) electrons. The van der Waals surface area contributed by atoms with Crippen molar-refractivity contribution in [2.24, 2.45) is 5.92 Å². The van der Waals surface area contributed by atoms with Gasteiger partial charge in [0.15, 0.2) is 11.5 Å². The second-order valence-electron chi connectivity index (χ2n) is 6.90. The predicted octanol–water partition coefficient (Wildman–Crippen LogP) is 4.73. The molecule has 1 unspecified atom stereocenters. The molecule has 2 rings (SSSR count). The van der Waals surface area contributed by atoms with E-state index in [0.29, 0.717) is 17.0 Å². The summed E-state index contributed by atoms with van der Waals surface area (Å²) in [5.41, 5.74) is 0.587. The summed E-state index contributed by atoms with van der Waals surface area (Å²) in [5, 5.41) is 5.82. The number of carbonyl (C=O) groups is 2. The highest BCUT2D eigenvalue weighted by Gasteiger charge is 2.23. The van der Waals surface area contributed by atoms with Crippen LogP contribution in [0, 0.1) is 5.92 Å². The Balaban J connectivity index is 2.16. The number of benzene rings is 2. The number of hydrogen-bond donors (Lipinski definition) is 2. The average Bonchev–Trinajstić information content (AvgIpc) is 2.67. The quantitative estimate of drug-likeness (QED) is 0.590. The first-order valence-corrected chi connectivity index (χ1v) is 9.57. The molecule has 1 atom stereocenters. The number of anilines is 1. The molecule has 0 bridgehead atoms. The Kier molecular flexibility index (Phi) is 8.41. The topological polar surface area (TPSA) is 76.7 Å². The molecule has 2 amide bonds. The summed E-state index contributed by atoms with van der Waals surface area (Å²) in [4.78, 5) is 25.3. The summed E-state index contributed by atoms with van der Waals surface area (Å²) >= 11 is 5.84. The summed E-state index contributed by atoms with van der Waals surface area (Å²) in [6, 6.07) is 9.55. The average molecular weight is 441 g/mol. The Morgan fingerprint density at radius 1 is 1.07 bits per heavy atom. The minimum Gasteiger partial charge on any atom is -0.493 e. The van der Waals surface area contributed by atoms with E-state index in [-0.39, 0.29) is 23.1 Å². The number of ether oxygens (including phenoxy) is 2. The van der Waals surface area contributed by atoms with E-state index in [0.717, 1.165) is 0 Å². The summed E-state index contributed by atoms with van der Waals surface area (Å²) < 4.78 is 34.6. The lowest BCUT2D eigenvalue weighted by Gasteiger charge is -2.21. The molecular weight excluding hydrogens is 418 g/mol. The van der Waals surface area contributed by atoms with E-state index in [1.54, 1.807) is 24.3 Å². The highest BCUT2D eigenvalue weighted by atomic mass is 35.5. The Bertz CT molecular complexity index is 876. The van der Waals surface area contributed by atoms with Crippen LogP contribution in [0.2, 0.25) is 5.02 Å². The van der Waals surface area contributed by atoms with Crippen LogP contribution in [0.3, 0.4) is 0 Å². The highest BCUT2D eigenvalue weighted by molar-refractivity contribution is 6.30. The maximum Gasteiger partial charge on any atom is 0.387 e. The van der Waals surface area contributed by atoms with Crippen molar-refractivity contribution in [2.75, 3.05) is 12.4 Å². The van der Waals surface area contributed by atoms with E-state index in [1.165, 1.54) is 25.3 Å². The minimum atomic E-state index is -3.04. The lowest BCUT2D eigenvalue weighted by atomic mass is 10.0. The first-order chi connectivity index (χ1) is 14.2. The van der Waals surface area contributed by atoms with E-state index in [1.807, 2.05) is 13.8 Å². The second-order valence-corrected chi connectivity index (χ2v) is 7.33. The Morgan fingerprint density at radius 3 is 2.30 bits per heavy atom. The smallest absolute Gasteiger partial charge is 0.387 e. The maximum atomic E-state index is 12.8. The van der Waals surface area contributed by atoms with Crippen LogP contribution in [-0.2, 0) is 4.79 Å². The molecule has 0 heterocycles. The van der Waals surface area contributed by atoms with Gasteiger partial charge in [-0.25, -0.2) is 0 Å². The molecule has 2 aromatic carbocycles. The van der Waals surface area contributed by atoms with Gasteiger partial charge in [-0.3, -0.25) is 9.59 Å². The molecule has 9 heteroatoms. The van der Waals surface area contributed by atoms with E-state index in [2.05, 4.69) is 15.4 Å². The monoisotopic (exact) mass is 440 g/mol. The zero-order valence-electron chi connectivity index (χ0n) is 16.7. The molecule has 0 aromatic heterocycles. The number of alkyl halides is 2. The fraction of sp³-hybridized carbons (Fsp3) is 0.333. The van der Waals surface area contributed by atoms with Crippen molar-refractivity contribution in [3.63, 3.8) is 0 Å². The number of nitrogens with one attached hydrogen (secondary N) is 2. The van der Waals surface area contributed by atoms with Crippen molar-refractivity contribution in [2.45, 2.75) is 32.9 Å². The molecule has 2 aromatic rings. The Morgan fingerprint density at radius 2 is 1.73 bits per heavy atom. The van der Waals surface area contributed by atoms with Gasteiger partial charge in [0.1, 0.15) is 6.04 Å². The molecule has 30 heavy (non-hydrogen) atoms. The Labute approximate surface area is 178 Å². The number of amides is 2. The van der Waals surface area contributed by atoms with Gasteiger partial charge in [-0.05, 0) is 48.7 Å². The van der Waals surface area contributed by atoms with Crippen LogP contribution >= 0.6 is 11.6 Å². The molecule has 162 valence electrons. The molecular formula is C21H23ClF2N2O4. The van der Waals surface area contributed by atoms with Gasteiger partial charge in [-0.15, -0.1) is 0 Å². The molecule has 0 spiro atoms. The fourth-order valence-electron chi connectivity index (χ4n) is 2.72. The van der Waals surface area contributed by atoms with E-state index < -0.39 is 24.5 Å². The van der Waals surface area contributed by atoms with Gasteiger partial charge in [0.05, 0.1) is 7.11 Å². The van der Waals surface area contributed by atoms with Crippen LogP contribution in [0.15, 0.2) is 42.5 Å². The summed E-state index contributed by atoms with van der Waals surface area (Å²) in [5.74, 6) is -0.915. The zero-order valence-corrected chi connectivity index (χ0v) is 17.5. The van der Waals surface area contributed by atoms with Crippen molar-refractivity contribution in [1.29, 1.82) is 0 Å². The molecule has 2 N–H and O–H groups in total. The van der Waals surface area contributed by atoms with Crippen LogP contribution in [-0.4, -0.2) is 31.6 Å². The van der Waals surface area contributed by atoms with Crippen LogP contribution in [0.1, 0.15) is 30.6 Å². The van der Waals surface area contributed by atoms with Gasteiger partial charge in [-0.1, -0.05) is 25.4 Å². The number of halogens is 3. The number of hydrogen-bond acceptors (Lipinski definition) is 4. The zero-order chi connectivity index (χ0) is 22.3. The largest absolute Gasteiger partial charge is 0.493 e. The predicted molar refractivity (Wildman–Crippen MR) is 110 cm³/mol. The van der Waals surface area contributed by atoms with E-state index in [9.17, 15) is 18.4 Å². The van der Waals surface area contributed by atoms with Gasteiger partial charge in [0, 0.05) is 22.3 Å². The minimum absolute atomic E-state index is 0.100. The fourth-order valence-corrected chi connectivity index (χ4v) is 2.84. The summed E-state index contributed by atoms with van der Waals surface area (Å²) in [6.07, 6.45) is 0.377. The van der Waals surface area contributed by atoms with Gasteiger partial charge in [0.2, 0.25) is 5.91 Å². The van der Waals surface area contributed by atoms with Crippen molar-refractivity contribution in [3.8, 4) is 11.5 Å². The Hall–Kier alpha value is -2.87. The lowest BCUT2D eigenvalue weighted by Crippen LogP contribution is -2.44. The third-order valence-electron chi connectivity index (χ3n) is 4.08. The van der Waals surface area contributed by atoms with Crippen LogP contribution in [0.5, 0.6) is 11.5 Å². The molecule has 0 aliphatic carbocycles. The van der Waals surface area contributed by atoms with Gasteiger partial charge in [-0.2, -0.15) is 8.78 Å². The highest BCUT2D eigenvalue weighted by Crippen LogP contribution is 2.31. The molecule has 0 saturated carbocycles. The molecule has 0 saturated heterocycles. The normalized spacial score (nSPS) is 11.9. The summed E-state index contributed by atoms with van der Waals surface area (Å²) in [6.45, 7) is 0.783. The third-order valence-corrected chi connectivity index (χ3v) is 4.33. The van der Waals surface area contributed by atoms with Crippen molar-refractivity contribution in [1.82, 2.24) is 5.32 Å². The number of methoxy groups -OCH3 is 1. The summed E-state index contributed by atoms with van der Waals surface area (Å²) in [7, 11) is 1.32. The van der Waals surface area contributed by atoms with Crippen molar-refractivity contribution < 1.29 is 27.8 Å². The van der Waals surface area contributed by atoms with Crippen LogP contribution in [0.25, 0.3) is 0 Å². The second kappa shape index (κ2) is 10.8. The van der Waals surface area contributed by atoms with Crippen LogP contribution in [0.4, 0.5) is 14.5 Å². The lowest BCUT2D eigenvalue weighted by molar-refractivity contribution is -0.118. The van der Waals surface area contributed by atoms with Crippen LogP contribution < -0.4 is 20.1 Å². The van der Waals surface area contributed by atoms with Gasteiger partial charge in [0.25, 0.3) is 5.91 Å². The third kappa shape index (κ3) is 6.88. The first kappa shape index (κ1) is 23.4. The first-order valence-electron chi connectivity index (χ1n) is 9.19. The SMILES string of the molecule is COc1ccc(NC(=O)C(CC(C)C)NC(=O)c2ccc(Cl)cc2)cc1OC(F)F. The molecule has 6 nitrogen and oxygen atoms in total. The van der Waals surface area contributed by atoms with Crippen molar-refractivity contribution >= 4 is 29.1 Å². The van der Waals surface area contributed by atoms with E-state index >= 15 is 0 Å². The molecule has 0 aliphatic rings. The number of rotatable bonds is 9. The van der Waals surface area contributed by atoms with Gasteiger partial charge < -0.3 is 20.1 Å². The van der Waals surface area contributed by atoms with Crippen molar-refractivity contribution in [3.05, 3.63) is 53.1 Å². The molecule has 0 aliphatic heterocycles. The molecule has 0 fully saturated rings. The standard InChI is InChI=1S/C21H23ClF2N2O4/c1-12(2)10-16(26-19(27)13-4-6-14(22)7-5-13)20(28)25-15-8-9-17(29-3)18(11-15)30-21(23)24/h4-9,11-12,16,21H,10H2,1-3H3,(H,25,28)(H,26,27). The van der Waals surface area contributed by atoms with E-state index in [4.69, 9.17) is 16.3 Å². The number of carbonyl (C=O) groups excluding carboxylic acids is 2. The maximum absolute atomic E-state index is 12.8. The van der Waals surface area contributed by atoms with Gasteiger partial charge >= 0.3 is 6.61 Å².